The molecular formula is C16H18N4. The molecule has 1 fully saturated rings. The molecule has 20 heavy (non-hydrogen) atoms. The third kappa shape index (κ3) is 1.91. The van der Waals surface area contributed by atoms with Gasteiger partial charge in [0.2, 0.25) is 0 Å². The van der Waals surface area contributed by atoms with Crippen molar-refractivity contribution >= 4 is 0 Å². The van der Waals surface area contributed by atoms with Gasteiger partial charge in [-0.25, -0.2) is 9.97 Å². The second-order valence-corrected chi connectivity index (χ2v) is 5.80. The second-order valence-electron chi connectivity index (χ2n) is 5.80. The largest absolute Gasteiger partial charge is 0.289 e. The SMILES string of the molecule is Cc1ncc2c(n1)C[C@H]1CC[C@@H]2N1Cc1cccnc1. The van der Waals surface area contributed by atoms with Crippen LogP contribution < -0.4 is 0 Å². The molecule has 0 aliphatic carbocycles. The summed E-state index contributed by atoms with van der Waals surface area (Å²) >= 11 is 0. The molecule has 0 unspecified atom stereocenters. The molecule has 0 amide bonds. The van der Waals surface area contributed by atoms with Gasteiger partial charge >= 0.3 is 0 Å². The molecule has 2 aliphatic heterocycles. The average Bonchev–Trinajstić information content (AvgIpc) is 2.74. The van der Waals surface area contributed by atoms with Gasteiger partial charge in [0.15, 0.2) is 0 Å². The Morgan fingerprint density at radius 3 is 3.10 bits per heavy atom. The fourth-order valence-corrected chi connectivity index (χ4v) is 3.62. The Morgan fingerprint density at radius 2 is 2.25 bits per heavy atom. The molecule has 4 nitrogen and oxygen atoms in total. The minimum atomic E-state index is 0.490. The van der Waals surface area contributed by atoms with Crippen molar-refractivity contribution in [2.75, 3.05) is 0 Å². The molecule has 4 rings (SSSR count). The molecule has 0 spiro atoms. The van der Waals surface area contributed by atoms with E-state index < -0.39 is 0 Å². The third-order valence-corrected chi connectivity index (χ3v) is 4.54. The summed E-state index contributed by atoms with van der Waals surface area (Å²) in [4.78, 5) is 15.9. The first-order chi connectivity index (χ1) is 9.81. The molecule has 0 N–H and O–H groups in total. The van der Waals surface area contributed by atoms with Gasteiger partial charge in [0.05, 0.1) is 5.69 Å². The summed E-state index contributed by atoms with van der Waals surface area (Å²) in [6, 6.07) is 5.29. The Hall–Kier alpha value is -1.81. The monoisotopic (exact) mass is 266 g/mol. The predicted octanol–water partition coefficient (Wildman–Crippen LogP) is 2.44. The lowest BCUT2D eigenvalue weighted by molar-refractivity contribution is 0.166. The molecule has 102 valence electrons. The number of pyridine rings is 1. The Balaban J connectivity index is 1.66. The standard InChI is InChI=1S/C16H18N4/c1-11-18-9-14-15(19-11)7-13-4-5-16(14)20(13)10-12-3-2-6-17-8-12/h2-3,6,8-9,13,16H,4-5,7,10H2,1H3/t13-,16+/m1/s1. The smallest absolute Gasteiger partial charge is 0.125 e. The van der Waals surface area contributed by atoms with E-state index in [1.54, 1.807) is 0 Å². The van der Waals surface area contributed by atoms with Crippen molar-refractivity contribution in [1.29, 1.82) is 0 Å². The molecule has 2 atom stereocenters. The molecule has 2 aromatic rings. The molecule has 2 aliphatic rings. The number of hydrogen-bond donors (Lipinski definition) is 0. The van der Waals surface area contributed by atoms with E-state index in [4.69, 9.17) is 0 Å². The second kappa shape index (κ2) is 4.63. The summed E-state index contributed by atoms with van der Waals surface area (Å²) in [6.45, 7) is 2.96. The maximum Gasteiger partial charge on any atom is 0.125 e. The molecule has 4 heteroatoms. The van der Waals surface area contributed by atoms with Crippen molar-refractivity contribution in [3.63, 3.8) is 0 Å². The van der Waals surface area contributed by atoms with Gasteiger partial charge in [-0.2, -0.15) is 0 Å². The normalized spacial score (nSPS) is 24.6. The van der Waals surface area contributed by atoms with Crippen LogP contribution in [0.5, 0.6) is 0 Å². The fraction of sp³-hybridized carbons (Fsp3) is 0.438. The van der Waals surface area contributed by atoms with Crippen LogP contribution in [0.15, 0.2) is 30.7 Å². The number of aryl methyl sites for hydroxylation is 1. The van der Waals surface area contributed by atoms with Crippen LogP contribution in [0, 0.1) is 6.92 Å². The van der Waals surface area contributed by atoms with Crippen molar-refractivity contribution in [3.05, 3.63) is 53.4 Å². The van der Waals surface area contributed by atoms with Crippen LogP contribution in [-0.4, -0.2) is 25.9 Å². The highest BCUT2D eigenvalue weighted by Gasteiger charge is 2.40. The summed E-state index contributed by atoms with van der Waals surface area (Å²) in [6.07, 6.45) is 9.40. The summed E-state index contributed by atoms with van der Waals surface area (Å²) in [5.74, 6) is 0.892. The van der Waals surface area contributed by atoms with E-state index in [0.29, 0.717) is 12.1 Å². The molecule has 0 radical (unpaired) electrons. The summed E-state index contributed by atoms with van der Waals surface area (Å²) in [5, 5.41) is 0. The van der Waals surface area contributed by atoms with Gasteiger partial charge in [-0.3, -0.25) is 9.88 Å². The lowest BCUT2D eigenvalue weighted by Crippen LogP contribution is -2.37. The quantitative estimate of drug-likeness (QED) is 0.837. The van der Waals surface area contributed by atoms with Crippen molar-refractivity contribution in [2.45, 2.75) is 44.8 Å². The highest BCUT2D eigenvalue weighted by atomic mass is 15.2. The van der Waals surface area contributed by atoms with Crippen LogP contribution >= 0.6 is 0 Å². The molecule has 0 aromatic carbocycles. The van der Waals surface area contributed by atoms with Crippen LogP contribution in [0.1, 0.15) is 41.5 Å². The number of fused-ring (bicyclic) bond motifs is 4. The number of nitrogens with zero attached hydrogens (tertiary/aromatic N) is 4. The van der Waals surface area contributed by atoms with Gasteiger partial charge in [0, 0.05) is 49.2 Å². The highest BCUT2D eigenvalue weighted by Crippen LogP contribution is 2.43. The third-order valence-electron chi connectivity index (χ3n) is 4.54. The Bertz CT molecular complexity index is 626. The van der Waals surface area contributed by atoms with E-state index in [-0.39, 0.29) is 0 Å². The Morgan fingerprint density at radius 1 is 1.30 bits per heavy atom. The van der Waals surface area contributed by atoms with Gasteiger partial charge < -0.3 is 0 Å². The fourth-order valence-electron chi connectivity index (χ4n) is 3.62. The first kappa shape index (κ1) is 12.0. The van der Waals surface area contributed by atoms with Crippen molar-refractivity contribution in [3.8, 4) is 0 Å². The minimum absolute atomic E-state index is 0.490. The number of aromatic nitrogens is 3. The first-order valence-corrected chi connectivity index (χ1v) is 7.28. The van der Waals surface area contributed by atoms with Gasteiger partial charge in [0.25, 0.3) is 0 Å². The average molecular weight is 266 g/mol. The van der Waals surface area contributed by atoms with E-state index in [0.717, 1.165) is 18.8 Å². The lowest BCUT2D eigenvalue weighted by Gasteiger charge is -2.35. The Labute approximate surface area is 118 Å². The zero-order chi connectivity index (χ0) is 13.5. The van der Waals surface area contributed by atoms with Crippen molar-refractivity contribution in [1.82, 2.24) is 19.9 Å². The van der Waals surface area contributed by atoms with Crippen LogP contribution in [0.25, 0.3) is 0 Å². The first-order valence-electron chi connectivity index (χ1n) is 7.28. The Kier molecular flexibility index (Phi) is 2.77. The van der Waals surface area contributed by atoms with Crippen molar-refractivity contribution < 1.29 is 0 Å². The molecule has 2 bridgehead atoms. The maximum atomic E-state index is 4.65. The van der Waals surface area contributed by atoms with E-state index in [1.165, 1.54) is 29.7 Å². The molecule has 2 aromatic heterocycles. The zero-order valence-electron chi connectivity index (χ0n) is 11.7. The van der Waals surface area contributed by atoms with Crippen LogP contribution in [0.3, 0.4) is 0 Å². The van der Waals surface area contributed by atoms with E-state index in [9.17, 15) is 0 Å². The topological polar surface area (TPSA) is 41.9 Å². The summed E-state index contributed by atoms with van der Waals surface area (Å²) in [5.41, 5.74) is 3.90. The molecular weight excluding hydrogens is 248 g/mol. The zero-order valence-corrected chi connectivity index (χ0v) is 11.7. The summed E-state index contributed by atoms with van der Waals surface area (Å²) in [7, 11) is 0. The highest BCUT2D eigenvalue weighted by molar-refractivity contribution is 5.29. The molecule has 0 saturated carbocycles. The van der Waals surface area contributed by atoms with Crippen molar-refractivity contribution in [2.24, 2.45) is 0 Å². The lowest BCUT2D eigenvalue weighted by atomic mass is 9.98. The summed E-state index contributed by atoms with van der Waals surface area (Å²) < 4.78 is 0. The van der Waals surface area contributed by atoms with E-state index in [1.807, 2.05) is 31.6 Å². The molecule has 1 saturated heterocycles. The maximum absolute atomic E-state index is 4.65. The van der Waals surface area contributed by atoms with Crippen LogP contribution in [-0.2, 0) is 13.0 Å². The molecule has 4 heterocycles. The minimum Gasteiger partial charge on any atom is -0.289 e. The predicted molar refractivity (Wildman–Crippen MR) is 76.0 cm³/mol. The van der Waals surface area contributed by atoms with Gasteiger partial charge in [0.1, 0.15) is 5.82 Å². The number of hydrogen-bond acceptors (Lipinski definition) is 4. The number of rotatable bonds is 2. The van der Waals surface area contributed by atoms with Gasteiger partial charge in [-0.15, -0.1) is 0 Å². The van der Waals surface area contributed by atoms with Gasteiger partial charge in [-0.05, 0) is 31.4 Å². The van der Waals surface area contributed by atoms with E-state index >= 15 is 0 Å². The van der Waals surface area contributed by atoms with Crippen LogP contribution in [0.4, 0.5) is 0 Å². The van der Waals surface area contributed by atoms with Crippen LogP contribution in [0.2, 0.25) is 0 Å². The van der Waals surface area contributed by atoms with Gasteiger partial charge in [-0.1, -0.05) is 6.07 Å². The van der Waals surface area contributed by atoms with E-state index in [2.05, 4.69) is 25.9 Å².